The third-order valence-electron chi connectivity index (χ3n) is 2.82. The fourth-order valence-corrected chi connectivity index (χ4v) is 2.41. The first-order valence-corrected chi connectivity index (χ1v) is 6.32. The molecule has 2 nitrogen and oxygen atoms in total. The van der Waals surface area contributed by atoms with Crippen molar-refractivity contribution in [1.29, 1.82) is 0 Å². The van der Waals surface area contributed by atoms with Gasteiger partial charge in [-0.05, 0) is 44.0 Å². The van der Waals surface area contributed by atoms with Crippen LogP contribution in [0.5, 0.6) is 0 Å². The zero-order valence-electron chi connectivity index (χ0n) is 9.57. The predicted molar refractivity (Wildman–Crippen MR) is 70.8 cm³/mol. The maximum absolute atomic E-state index is 9.08. The van der Waals surface area contributed by atoms with E-state index in [0.717, 1.165) is 4.47 Å². The van der Waals surface area contributed by atoms with E-state index in [1.54, 1.807) is 0 Å². The molecule has 2 rings (SSSR count). The second-order valence-electron chi connectivity index (χ2n) is 4.29. The van der Waals surface area contributed by atoms with Gasteiger partial charge >= 0.3 is 0 Å². The number of hydrogen-bond acceptors (Lipinski definition) is 1. The Kier molecular flexibility index (Phi) is 3.36. The van der Waals surface area contributed by atoms with Crippen molar-refractivity contribution in [3.05, 3.63) is 34.4 Å². The lowest BCUT2D eigenvalue weighted by Gasteiger charge is -2.08. The standard InChI is InChI=1S/C13H16BrNO/c1-9(2)15-8-10(5-6-16)12-7-11(14)3-4-13(12)15/h3-4,7-9,16H,5-6H2,1-2H3. The van der Waals surface area contributed by atoms with Crippen LogP contribution in [0.1, 0.15) is 25.5 Å². The molecule has 0 bridgehead atoms. The fourth-order valence-electron chi connectivity index (χ4n) is 2.04. The van der Waals surface area contributed by atoms with Crippen LogP contribution in [-0.2, 0) is 6.42 Å². The Morgan fingerprint density at radius 3 is 2.75 bits per heavy atom. The molecule has 0 unspecified atom stereocenters. The zero-order chi connectivity index (χ0) is 11.7. The van der Waals surface area contributed by atoms with Gasteiger partial charge in [-0.1, -0.05) is 15.9 Å². The first kappa shape index (κ1) is 11.7. The van der Waals surface area contributed by atoms with Gasteiger partial charge in [0.25, 0.3) is 0 Å². The molecule has 0 aliphatic heterocycles. The van der Waals surface area contributed by atoms with Crippen molar-refractivity contribution in [2.45, 2.75) is 26.3 Å². The van der Waals surface area contributed by atoms with Crippen molar-refractivity contribution in [2.24, 2.45) is 0 Å². The summed E-state index contributed by atoms with van der Waals surface area (Å²) in [5, 5.41) is 10.3. The largest absolute Gasteiger partial charge is 0.396 e. The average molecular weight is 282 g/mol. The van der Waals surface area contributed by atoms with Crippen molar-refractivity contribution >= 4 is 26.8 Å². The highest BCUT2D eigenvalue weighted by molar-refractivity contribution is 9.10. The van der Waals surface area contributed by atoms with E-state index >= 15 is 0 Å². The number of halogens is 1. The molecule has 0 aliphatic rings. The summed E-state index contributed by atoms with van der Waals surface area (Å²) in [6.45, 7) is 4.54. The molecule has 1 aromatic heterocycles. The van der Waals surface area contributed by atoms with E-state index in [1.807, 2.05) is 0 Å². The summed E-state index contributed by atoms with van der Waals surface area (Å²) >= 11 is 3.49. The molecule has 0 saturated carbocycles. The lowest BCUT2D eigenvalue weighted by atomic mass is 10.1. The van der Waals surface area contributed by atoms with E-state index in [9.17, 15) is 0 Å². The summed E-state index contributed by atoms with van der Waals surface area (Å²) in [6, 6.07) is 6.75. The van der Waals surface area contributed by atoms with Gasteiger partial charge in [-0.15, -0.1) is 0 Å². The van der Waals surface area contributed by atoms with Crippen LogP contribution in [0.15, 0.2) is 28.9 Å². The molecule has 0 spiro atoms. The SMILES string of the molecule is CC(C)n1cc(CCO)c2cc(Br)ccc21. The topological polar surface area (TPSA) is 25.2 Å². The lowest BCUT2D eigenvalue weighted by molar-refractivity contribution is 0.300. The minimum Gasteiger partial charge on any atom is -0.396 e. The number of aromatic nitrogens is 1. The van der Waals surface area contributed by atoms with Crippen LogP contribution in [-0.4, -0.2) is 16.3 Å². The Hall–Kier alpha value is -0.800. The van der Waals surface area contributed by atoms with Gasteiger partial charge in [-0.2, -0.15) is 0 Å². The van der Waals surface area contributed by atoms with E-state index in [0.29, 0.717) is 12.5 Å². The number of aliphatic hydroxyl groups is 1. The second-order valence-corrected chi connectivity index (χ2v) is 5.21. The van der Waals surface area contributed by atoms with Crippen molar-refractivity contribution in [3.63, 3.8) is 0 Å². The highest BCUT2D eigenvalue weighted by Gasteiger charge is 2.10. The molecule has 0 atom stereocenters. The Morgan fingerprint density at radius 1 is 1.38 bits per heavy atom. The Bertz CT molecular complexity index is 502. The Labute approximate surface area is 104 Å². The maximum Gasteiger partial charge on any atom is 0.0486 e. The molecule has 16 heavy (non-hydrogen) atoms. The Morgan fingerprint density at radius 2 is 2.12 bits per heavy atom. The number of rotatable bonds is 3. The van der Waals surface area contributed by atoms with E-state index in [1.165, 1.54) is 16.5 Å². The molecule has 2 aromatic rings. The first-order chi connectivity index (χ1) is 7.63. The normalized spacial score (nSPS) is 11.6. The summed E-state index contributed by atoms with van der Waals surface area (Å²) in [5.74, 6) is 0. The number of nitrogens with zero attached hydrogens (tertiary/aromatic N) is 1. The molecule has 0 amide bonds. The molecule has 0 aliphatic carbocycles. The lowest BCUT2D eigenvalue weighted by Crippen LogP contribution is -1.98. The van der Waals surface area contributed by atoms with E-state index in [4.69, 9.17) is 5.11 Å². The molecule has 3 heteroatoms. The molecule has 1 heterocycles. The monoisotopic (exact) mass is 281 g/mol. The molecule has 0 radical (unpaired) electrons. The van der Waals surface area contributed by atoms with Gasteiger partial charge in [-0.3, -0.25) is 0 Å². The molecular weight excluding hydrogens is 266 g/mol. The van der Waals surface area contributed by atoms with Crippen LogP contribution in [0.2, 0.25) is 0 Å². The first-order valence-electron chi connectivity index (χ1n) is 5.53. The summed E-state index contributed by atoms with van der Waals surface area (Å²) in [7, 11) is 0. The summed E-state index contributed by atoms with van der Waals surface area (Å²) in [6.07, 6.45) is 2.87. The highest BCUT2D eigenvalue weighted by atomic mass is 79.9. The fraction of sp³-hybridized carbons (Fsp3) is 0.385. The number of aliphatic hydroxyl groups excluding tert-OH is 1. The summed E-state index contributed by atoms with van der Waals surface area (Å²) < 4.78 is 3.34. The third kappa shape index (κ3) is 2.02. The van der Waals surface area contributed by atoms with Crippen LogP contribution in [0.3, 0.4) is 0 Å². The molecule has 86 valence electrons. The number of hydrogen-bond donors (Lipinski definition) is 1. The zero-order valence-corrected chi connectivity index (χ0v) is 11.2. The summed E-state index contributed by atoms with van der Waals surface area (Å²) in [5.41, 5.74) is 2.45. The number of benzene rings is 1. The van der Waals surface area contributed by atoms with Gasteiger partial charge < -0.3 is 9.67 Å². The van der Waals surface area contributed by atoms with E-state index < -0.39 is 0 Å². The second kappa shape index (κ2) is 4.60. The average Bonchev–Trinajstić information content (AvgIpc) is 2.58. The van der Waals surface area contributed by atoms with Crippen LogP contribution < -0.4 is 0 Å². The van der Waals surface area contributed by atoms with E-state index in [2.05, 4.69) is 58.7 Å². The Balaban J connectivity index is 2.66. The molecular formula is C13H16BrNO. The molecule has 1 N–H and O–H groups in total. The van der Waals surface area contributed by atoms with Gasteiger partial charge in [0.15, 0.2) is 0 Å². The van der Waals surface area contributed by atoms with Gasteiger partial charge in [0, 0.05) is 34.2 Å². The minimum absolute atomic E-state index is 0.198. The van der Waals surface area contributed by atoms with E-state index in [-0.39, 0.29) is 6.61 Å². The van der Waals surface area contributed by atoms with Crippen LogP contribution in [0.25, 0.3) is 10.9 Å². The van der Waals surface area contributed by atoms with Crippen molar-refractivity contribution < 1.29 is 5.11 Å². The van der Waals surface area contributed by atoms with Crippen molar-refractivity contribution in [2.75, 3.05) is 6.61 Å². The summed E-state index contributed by atoms with van der Waals surface area (Å²) in [4.78, 5) is 0. The van der Waals surface area contributed by atoms with Gasteiger partial charge in [0.05, 0.1) is 0 Å². The highest BCUT2D eigenvalue weighted by Crippen LogP contribution is 2.27. The van der Waals surface area contributed by atoms with Crippen LogP contribution in [0.4, 0.5) is 0 Å². The molecule has 0 fully saturated rings. The number of fused-ring (bicyclic) bond motifs is 1. The molecule has 1 aromatic carbocycles. The maximum atomic E-state index is 9.08. The molecule has 0 saturated heterocycles. The van der Waals surface area contributed by atoms with Crippen LogP contribution >= 0.6 is 15.9 Å². The van der Waals surface area contributed by atoms with Crippen LogP contribution in [0, 0.1) is 0 Å². The van der Waals surface area contributed by atoms with Crippen molar-refractivity contribution in [3.8, 4) is 0 Å². The minimum atomic E-state index is 0.198. The van der Waals surface area contributed by atoms with Crippen molar-refractivity contribution in [1.82, 2.24) is 4.57 Å². The van der Waals surface area contributed by atoms with Gasteiger partial charge in [-0.25, -0.2) is 0 Å². The predicted octanol–water partition coefficient (Wildman–Crippen LogP) is 3.52. The smallest absolute Gasteiger partial charge is 0.0486 e. The van der Waals surface area contributed by atoms with Gasteiger partial charge in [0.2, 0.25) is 0 Å². The quantitative estimate of drug-likeness (QED) is 0.915. The van der Waals surface area contributed by atoms with Gasteiger partial charge in [0.1, 0.15) is 0 Å². The third-order valence-corrected chi connectivity index (χ3v) is 3.31.